The summed E-state index contributed by atoms with van der Waals surface area (Å²) in [5.41, 5.74) is 1.89. The van der Waals surface area contributed by atoms with Crippen molar-refractivity contribution in [3.63, 3.8) is 0 Å². The minimum Gasteiger partial charge on any atom is -0.454 e. The predicted molar refractivity (Wildman–Crippen MR) is 113 cm³/mol. The number of carbonyl (C=O) groups excluding carboxylic acids is 1. The lowest BCUT2D eigenvalue weighted by Gasteiger charge is -2.43. The summed E-state index contributed by atoms with van der Waals surface area (Å²) in [4.78, 5) is 18.2. The first-order valence-corrected chi connectivity index (χ1v) is 10.8. The van der Waals surface area contributed by atoms with Crippen molar-refractivity contribution in [2.75, 3.05) is 46.2 Å². The molecular weight excluding hydrogens is 380 g/mol. The smallest absolute Gasteiger partial charge is 0.233 e. The SMILES string of the molecule is O=C(N1CCN(Cc2ccc3c(c2)OCO3)CC1)C1(c2ccccc2)CCOCC1. The molecular formula is C24H28N2O4. The van der Waals surface area contributed by atoms with Gasteiger partial charge in [-0.3, -0.25) is 9.69 Å². The van der Waals surface area contributed by atoms with Crippen LogP contribution < -0.4 is 9.47 Å². The molecule has 3 heterocycles. The minimum atomic E-state index is -0.445. The lowest BCUT2D eigenvalue weighted by Crippen LogP contribution is -2.55. The van der Waals surface area contributed by atoms with Crippen molar-refractivity contribution in [3.05, 3.63) is 59.7 Å². The van der Waals surface area contributed by atoms with E-state index < -0.39 is 5.41 Å². The number of hydrogen-bond donors (Lipinski definition) is 0. The van der Waals surface area contributed by atoms with E-state index in [0.717, 1.165) is 62.6 Å². The fourth-order valence-electron chi connectivity index (χ4n) is 4.81. The van der Waals surface area contributed by atoms with Crippen molar-refractivity contribution in [1.82, 2.24) is 9.80 Å². The highest BCUT2D eigenvalue weighted by atomic mass is 16.7. The molecule has 0 N–H and O–H groups in total. The third-order valence-corrected chi connectivity index (χ3v) is 6.58. The van der Waals surface area contributed by atoms with Gasteiger partial charge in [0.15, 0.2) is 11.5 Å². The maximum Gasteiger partial charge on any atom is 0.233 e. The van der Waals surface area contributed by atoms with Crippen LogP contribution in [0.3, 0.4) is 0 Å². The van der Waals surface area contributed by atoms with Gasteiger partial charge in [0.2, 0.25) is 12.7 Å². The van der Waals surface area contributed by atoms with Gasteiger partial charge in [0.25, 0.3) is 0 Å². The van der Waals surface area contributed by atoms with Crippen LogP contribution in [-0.2, 0) is 21.5 Å². The average molecular weight is 408 g/mol. The van der Waals surface area contributed by atoms with Crippen LogP contribution in [0.5, 0.6) is 11.5 Å². The molecule has 6 heteroatoms. The van der Waals surface area contributed by atoms with E-state index in [9.17, 15) is 4.79 Å². The van der Waals surface area contributed by atoms with E-state index in [1.54, 1.807) is 0 Å². The molecule has 30 heavy (non-hydrogen) atoms. The van der Waals surface area contributed by atoms with Gasteiger partial charge in [-0.05, 0) is 36.1 Å². The Morgan fingerprint density at radius 2 is 1.63 bits per heavy atom. The quantitative estimate of drug-likeness (QED) is 0.779. The van der Waals surface area contributed by atoms with Gasteiger partial charge in [-0.15, -0.1) is 0 Å². The molecule has 3 aliphatic rings. The number of fused-ring (bicyclic) bond motifs is 1. The van der Waals surface area contributed by atoms with Gasteiger partial charge in [0.05, 0.1) is 5.41 Å². The summed E-state index contributed by atoms with van der Waals surface area (Å²) >= 11 is 0. The van der Waals surface area contributed by atoms with Crippen molar-refractivity contribution >= 4 is 5.91 Å². The van der Waals surface area contributed by atoms with E-state index in [-0.39, 0.29) is 5.91 Å². The molecule has 6 nitrogen and oxygen atoms in total. The first-order valence-electron chi connectivity index (χ1n) is 10.8. The Hall–Kier alpha value is -2.57. The molecule has 0 unspecified atom stereocenters. The summed E-state index contributed by atoms with van der Waals surface area (Å²) in [5, 5.41) is 0. The number of carbonyl (C=O) groups is 1. The highest BCUT2D eigenvalue weighted by Gasteiger charge is 2.44. The Morgan fingerprint density at radius 1 is 0.900 bits per heavy atom. The standard InChI is InChI=1S/C24H28N2O4/c27-23(24(8-14-28-15-9-24)20-4-2-1-3-5-20)26-12-10-25(11-13-26)17-19-6-7-21-22(16-19)30-18-29-21/h1-7,16H,8-15,17-18H2. The van der Waals surface area contributed by atoms with Crippen LogP contribution in [0.4, 0.5) is 0 Å². The van der Waals surface area contributed by atoms with Gasteiger partial charge in [0.1, 0.15) is 0 Å². The van der Waals surface area contributed by atoms with Crippen LogP contribution in [0.25, 0.3) is 0 Å². The molecule has 5 rings (SSSR count). The van der Waals surface area contributed by atoms with Crippen molar-refractivity contribution < 1.29 is 19.0 Å². The first kappa shape index (κ1) is 19.4. The number of piperazine rings is 1. The molecule has 0 atom stereocenters. The molecule has 0 aromatic heterocycles. The van der Waals surface area contributed by atoms with Crippen molar-refractivity contribution in [2.45, 2.75) is 24.8 Å². The van der Waals surface area contributed by atoms with Gasteiger partial charge >= 0.3 is 0 Å². The molecule has 2 aromatic carbocycles. The summed E-state index contributed by atoms with van der Waals surface area (Å²) in [6.07, 6.45) is 1.51. The molecule has 0 spiro atoms. The van der Waals surface area contributed by atoms with Gasteiger partial charge < -0.3 is 19.1 Å². The molecule has 0 saturated carbocycles. The minimum absolute atomic E-state index is 0.264. The van der Waals surface area contributed by atoms with Gasteiger partial charge in [-0.25, -0.2) is 0 Å². The number of nitrogens with zero attached hydrogens (tertiary/aromatic N) is 2. The van der Waals surface area contributed by atoms with E-state index in [2.05, 4.69) is 34.1 Å². The summed E-state index contributed by atoms with van der Waals surface area (Å²) in [7, 11) is 0. The van der Waals surface area contributed by atoms with Crippen molar-refractivity contribution in [1.29, 1.82) is 0 Å². The summed E-state index contributed by atoms with van der Waals surface area (Å²) in [6, 6.07) is 16.4. The zero-order chi connectivity index (χ0) is 20.4. The molecule has 158 valence electrons. The van der Waals surface area contributed by atoms with Gasteiger partial charge in [0, 0.05) is 45.9 Å². The fraction of sp³-hybridized carbons (Fsp3) is 0.458. The van der Waals surface area contributed by atoms with Crippen LogP contribution in [0.2, 0.25) is 0 Å². The molecule has 2 aromatic rings. The molecule has 0 bridgehead atoms. The Balaban J connectivity index is 1.25. The zero-order valence-electron chi connectivity index (χ0n) is 17.2. The third-order valence-electron chi connectivity index (χ3n) is 6.58. The van der Waals surface area contributed by atoms with E-state index in [1.165, 1.54) is 5.56 Å². The molecule has 3 aliphatic heterocycles. The van der Waals surface area contributed by atoms with E-state index in [1.807, 2.05) is 24.3 Å². The summed E-state index contributed by atoms with van der Waals surface area (Å²) in [5.74, 6) is 1.90. The average Bonchev–Trinajstić information content (AvgIpc) is 3.28. The highest BCUT2D eigenvalue weighted by molar-refractivity contribution is 5.88. The topological polar surface area (TPSA) is 51.2 Å². The predicted octanol–water partition coefficient (Wildman–Crippen LogP) is 2.81. The lowest BCUT2D eigenvalue weighted by atomic mass is 9.73. The molecule has 1 amide bonds. The number of amides is 1. The molecule has 2 fully saturated rings. The number of ether oxygens (including phenoxy) is 3. The number of benzene rings is 2. The first-order chi connectivity index (χ1) is 14.7. The van der Waals surface area contributed by atoms with Crippen LogP contribution in [0.1, 0.15) is 24.0 Å². The van der Waals surface area contributed by atoms with Crippen LogP contribution >= 0.6 is 0 Å². The van der Waals surface area contributed by atoms with Gasteiger partial charge in [-0.2, -0.15) is 0 Å². The Morgan fingerprint density at radius 3 is 2.40 bits per heavy atom. The van der Waals surface area contributed by atoms with E-state index in [4.69, 9.17) is 14.2 Å². The van der Waals surface area contributed by atoms with E-state index >= 15 is 0 Å². The normalized spacial score (nSPS) is 20.9. The van der Waals surface area contributed by atoms with Crippen LogP contribution in [0.15, 0.2) is 48.5 Å². The highest BCUT2D eigenvalue weighted by Crippen LogP contribution is 2.37. The van der Waals surface area contributed by atoms with Crippen molar-refractivity contribution in [3.8, 4) is 11.5 Å². The number of rotatable bonds is 4. The second kappa shape index (κ2) is 8.28. The zero-order valence-corrected chi connectivity index (χ0v) is 17.2. The largest absolute Gasteiger partial charge is 0.454 e. The van der Waals surface area contributed by atoms with Crippen LogP contribution in [0, 0.1) is 0 Å². The maximum absolute atomic E-state index is 13.7. The number of hydrogen-bond acceptors (Lipinski definition) is 5. The summed E-state index contributed by atoms with van der Waals surface area (Å²) in [6.45, 7) is 5.72. The Labute approximate surface area is 177 Å². The van der Waals surface area contributed by atoms with Gasteiger partial charge in [-0.1, -0.05) is 36.4 Å². The third kappa shape index (κ3) is 3.66. The molecule has 0 radical (unpaired) electrons. The molecule has 2 saturated heterocycles. The fourth-order valence-corrected chi connectivity index (χ4v) is 4.81. The second-order valence-corrected chi connectivity index (χ2v) is 8.32. The molecule has 0 aliphatic carbocycles. The second-order valence-electron chi connectivity index (χ2n) is 8.32. The maximum atomic E-state index is 13.7. The van der Waals surface area contributed by atoms with E-state index in [0.29, 0.717) is 20.0 Å². The lowest BCUT2D eigenvalue weighted by molar-refractivity contribution is -0.143. The Bertz CT molecular complexity index is 887. The van der Waals surface area contributed by atoms with Crippen molar-refractivity contribution in [2.24, 2.45) is 0 Å². The monoisotopic (exact) mass is 408 g/mol. The van der Waals surface area contributed by atoms with Crippen LogP contribution in [-0.4, -0.2) is 61.9 Å². The summed E-state index contributed by atoms with van der Waals surface area (Å²) < 4.78 is 16.5. The Kier molecular flexibility index (Phi) is 5.35.